The van der Waals surface area contributed by atoms with Crippen molar-refractivity contribution in [3.05, 3.63) is 17.5 Å². The lowest BCUT2D eigenvalue weighted by molar-refractivity contribution is -0.144. The number of carbonyl (C=O) groups is 1. The van der Waals surface area contributed by atoms with E-state index in [2.05, 4.69) is 5.10 Å². The number of aryl methyl sites for hydroxylation is 1. The first kappa shape index (κ1) is 15.5. The van der Waals surface area contributed by atoms with Crippen LogP contribution in [0.3, 0.4) is 0 Å². The molecule has 0 saturated heterocycles. The maximum absolute atomic E-state index is 12.3. The molecule has 0 atom stereocenters. The lowest BCUT2D eigenvalue weighted by Gasteiger charge is -2.19. The van der Waals surface area contributed by atoms with Crippen LogP contribution in [0.2, 0.25) is 0 Å². The van der Waals surface area contributed by atoms with E-state index in [-0.39, 0.29) is 18.7 Å². The Morgan fingerprint density at radius 3 is 2.68 bits per heavy atom. The monoisotopic (exact) mass is 279 g/mol. The van der Waals surface area contributed by atoms with Crippen LogP contribution >= 0.6 is 0 Å². The number of aromatic nitrogens is 2. The van der Waals surface area contributed by atoms with Crippen molar-refractivity contribution in [2.75, 3.05) is 20.2 Å². The third-order valence-corrected chi connectivity index (χ3v) is 2.43. The minimum absolute atomic E-state index is 0.0375. The lowest BCUT2D eigenvalue weighted by Crippen LogP contribution is -2.31. The average Bonchev–Trinajstić information content (AvgIpc) is 2.58. The van der Waals surface area contributed by atoms with Gasteiger partial charge in [-0.3, -0.25) is 9.58 Å². The summed E-state index contributed by atoms with van der Waals surface area (Å²) in [5.41, 5.74) is 0.587. The highest BCUT2D eigenvalue weighted by molar-refractivity contribution is 5.90. The van der Waals surface area contributed by atoms with Gasteiger partial charge in [0.15, 0.2) is 0 Å². The van der Waals surface area contributed by atoms with Crippen LogP contribution in [0.4, 0.5) is 13.2 Å². The van der Waals surface area contributed by atoms with Crippen LogP contribution in [0.5, 0.6) is 0 Å². The minimum atomic E-state index is -4.28. The summed E-state index contributed by atoms with van der Waals surface area (Å²) >= 11 is 0. The molecule has 0 N–H and O–H groups in total. The molecule has 0 amide bonds. The van der Waals surface area contributed by atoms with Gasteiger partial charge in [-0.05, 0) is 14.0 Å². The number of alkyl halides is 3. The molecule has 0 bridgehead atoms. The van der Waals surface area contributed by atoms with Crippen LogP contribution in [0.15, 0.2) is 6.20 Å². The van der Waals surface area contributed by atoms with Crippen molar-refractivity contribution in [3.8, 4) is 0 Å². The van der Waals surface area contributed by atoms with Crippen molar-refractivity contribution >= 4 is 5.97 Å². The summed E-state index contributed by atoms with van der Waals surface area (Å²) in [5.74, 6) is -0.578. The van der Waals surface area contributed by atoms with Gasteiger partial charge in [-0.25, -0.2) is 4.79 Å². The molecular formula is C11H16F3N3O2. The summed E-state index contributed by atoms with van der Waals surface area (Å²) in [5, 5.41) is 3.88. The molecule has 1 aromatic rings. The topological polar surface area (TPSA) is 47.4 Å². The Morgan fingerprint density at radius 1 is 1.53 bits per heavy atom. The highest BCUT2D eigenvalue weighted by Crippen LogP contribution is 2.18. The standard InChI is InChI=1S/C11H16F3N3O2/c1-4-19-10(18)8-5-15-17(3)9(8)6-16(2)7-11(12,13)14/h5H,4,6-7H2,1-3H3. The molecule has 0 fully saturated rings. The fourth-order valence-electron chi connectivity index (χ4n) is 1.65. The van der Waals surface area contributed by atoms with Gasteiger partial charge in [0.05, 0.1) is 25.0 Å². The third-order valence-electron chi connectivity index (χ3n) is 2.43. The van der Waals surface area contributed by atoms with E-state index in [1.54, 1.807) is 14.0 Å². The van der Waals surface area contributed by atoms with E-state index < -0.39 is 18.7 Å². The predicted molar refractivity (Wildman–Crippen MR) is 61.6 cm³/mol. The van der Waals surface area contributed by atoms with Crippen LogP contribution in [-0.4, -0.2) is 47.0 Å². The van der Waals surface area contributed by atoms with Gasteiger partial charge in [0.25, 0.3) is 0 Å². The quantitative estimate of drug-likeness (QED) is 0.768. The molecule has 5 nitrogen and oxygen atoms in total. The molecule has 0 aliphatic rings. The summed E-state index contributed by atoms with van der Waals surface area (Å²) in [6.07, 6.45) is -2.98. The lowest BCUT2D eigenvalue weighted by atomic mass is 10.2. The number of rotatable bonds is 5. The summed E-state index contributed by atoms with van der Waals surface area (Å²) in [4.78, 5) is 12.7. The molecule has 0 spiro atoms. The largest absolute Gasteiger partial charge is 0.462 e. The number of halogens is 3. The molecule has 0 unspecified atom stereocenters. The highest BCUT2D eigenvalue weighted by Gasteiger charge is 2.30. The second-order valence-electron chi connectivity index (χ2n) is 4.14. The Hall–Kier alpha value is -1.57. The van der Waals surface area contributed by atoms with E-state index in [0.717, 1.165) is 4.90 Å². The van der Waals surface area contributed by atoms with E-state index >= 15 is 0 Å². The number of ether oxygens (including phenoxy) is 1. The zero-order valence-electron chi connectivity index (χ0n) is 11.0. The molecule has 1 heterocycles. The summed E-state index contributed by atoms with van der Waals surface area (Å²) in [6.45, 7) is 0.764. The van der Waals surface area contributed by atoms with Crippen molar-refractivity contribution < 1.29 is 22.7 Å². The normalized spacial score (nSPS) is 11.9. The number of esters is 1. The van der Waals surface area contributed by atoms with Crippen molar-refractivity contribution in [2.45, 2.75) is 19.6 Å². The number of hydrogen-bond acceptors (Lipinski definition) is 4. The van der Waals surface area contributed by atoms with Gasteiger partial charge in [0.1, 0.15) is 5.56 Å². The van der Waals surface area contributed by atoms with Gasteiger partial charge >= 0.3 is 12.1 Å². The Balaban J connectivity index is 2.83. The van der Waals surface area contributed by atoms with Crippen molar-refractivity contribution in [3.63, 3.8) is 0 Å². The van der Waals surface area contributed by atoms with Crippen LogP contribution in [0.25, 0.3) is 0 Å². The molecule has 1 aromatic heterocycles. The van der Waals surface area contributed by atoms with Gasteiger partial charge in [-0.1, -0.05) is 0 Å². The summed E-state index contributed by atoms with van der Waals surface area (Å²) in [6, 6.07) is 0. The number of hydrogen-bond donors (Lipinski definition) is 0. The van der Waals surface area contributed by atoms with Crippen LogP contribution in [0.1, 0.15) is 23.0 Å². The first-order valence-corrected chi connectivity index (χ1v) is 5.68. The fraction of sp³-hybridized carbons (Fsp3) is 0.636. The van der Waals surface area contributed by atoms with E-state index in [0.29, 0.717) is 5.69 Å². The Bertz CT molecular complexity index is 443. The zero-order chi connectivity index (χ0) is 14.6. The maximum Gasteiger partial charge on any atom is 0.401 e. The first-order chi connectivity index (χ1) is 8.74. The second-order valence-corrected chi connectivity index (χ2v) is 4.14. The highest BCUT2D eigenvalue weighted by atomic mass is 19.4. The molecule has 0 aromatic carbocycles. The van der Waals surface area contributed by atoms with Gasteiger partial charge in [-0.15, -0.1) is 0 Å². The van der Waals surface area contributed by atoms with Crippen molar-refractivity contribution in [2.24, 2.45) is 7.05 Å². The summed E-state index contributed by atoms with van der Waals surface area (Å²) < 4.78 is 43.0. The number of carbonyl (C=O) groups excluding carboxylic acids is 1. The van der Waals surface area contributed by atoms with Gasteiger partial charge < -0.3 is 4.74 Å². The Kier molecular flexibility index (Phi) is 4.93. The SMILES string of the molecule is CCOC(=O)c1cnn(C)c1CN(C)CC(F)(F)F. The van der Waals surface area contributed by atoms with Crippen molar-refractivity contribution in [1.29, 1.82) is 0 Å². The Morgan fingerprint density at radius 2 is 2.16 bits per heavy atom. The van der Waals surface area contributed by atoms with E-state index in [1.807, 2.05) is 0 Å². The third kappa shape index (κ3) is 4.55. The smallest absolute Gasteiger partial charge is 0.401 e. The van der Waals surface area contributed by atoms with Crippen LogP contribution in [0, 0.1) is 0 Å². The first-order valence-electron chi connectivity index (χ1n) is 5.68. The Labute approximate surface area is 108 Å². The van der Waals surface area contributed by atoms with E-state index in [1.165, 1.54) is 17.9 Å². The van der Waals surface area contributed by atoms with Gasteiger partial charge in [-0.2, -0.15) is 18.3 Å². The van der Waals surface area contributed by atoms with Crippen LogP contribution in [-0.2, 0) is 18.3 Å². The molecule has 0 aliphatic heterocycles. The zero-order valence-corrected chi connectivity index (χ0v) is 11.0. The summed E-state index contributed by atoms with van der Waals surface area (Å²) in [7, 11) is 2.90. The molecule has 0 aliphatic carbocycles. The average molecular weight is 279 g/mol. The van der Waals surface area contributed by atoms with E-state index in [9.17, 15) is 18.0 Å². The molecule has 1 rings (SSSR count). The fourth-order valence-corrected chi connectivity index (χ4v) is 1.65. The molecule has 0 radical (unpaired) electrons. The molecule has 8 heteroatoms. The second kappa shape index (κ2) is 6.05. The molecule has 0 saturated carbocycles. The minimum Gasteiger partial charge on any atom is -0.462 e. The van der Waals surface area contributed by atoms with Gasteiger partial charge in [0, 0.05) is 13.6 Å². The van der Waals surface area contributed by atoms with Crippen LogP contribution < -0.4 is 0 Å². The molecule has 19 heavy (non-hydrogen) atoms. The van der Waals surface area contributed by atoms with Gasteiger partial charge in [0.2, 0.25) is 0 Å². The van der Waals surface area contributed by atoms with E-state index in [4.69, 9.17) is 4.74 Å². The number of nitrogens with zero attached hydrogens (tertiary/aromatic N) is 3. The molecule has 108 valence electrons. The van der Waals surface area contributed by atoms with Crippen molar-refractivity contribution in [1.82, 2.24) is 14.7 Å². The maximum atomic E-state index is 12.3. The predicted octanol–water partition coefficient (Wildman–Crippen LogP) is 1.59. The molecular weight excluding hydrogens is 263 g/mol.